The Bertz CT molecular complexity index is 817. The van der Waals surface area contributed by atoms with Crippen LogP contribution >= 0.6 is 12.4 Å². The molecule has 0 aromatic carbocycles. The van der Waals surface area contributed by atoms with Crippen LogP contribution in [0.5, 0.6) is 0 Å². The molecule has 122 valence electrons. The van der Waals surface area contributed by atoms with Crippen molar-refractivity contribution in [2.45, 2.75) is 18.9 Å². The number of aromatic amines is 1. The molecule has 3 heterocycles. The first-order valence-electron chi connectivity index (χ1n) is 6.96. The molecule has 3 N–H and O–H groups in total. The summed E-state index contributed by atoms with van der Waals surface area (Å²) in [6.07, 6.45) is 2.20. The van der Waals surface area contributed by atoms with Gasteiger partial charge in [-0.1, -0.05) is 5.16 Å². The first-order valence-corrected chi connectivity index (χ1v) is 6.96. The topological polar surface area (TPSA) is 120 Å². The molecule has 4 rings (SSSR count). The standard InChI is InChI=1S/C14H14N4O4.ClH/c1-20-14(19)8-5-9-7(16-8)4-10(21-9)13-17-12(18-22-13)11(15)6-2-3-6;/h4-6,11,16H,2-3,15H2,1H3;1H. The number of hydrogen-bond donors (Lipinski definition) is 2. The number of furan rings is 1. The number of methoxy groups -OCH3 is 1. The van der Waals surface area contributed by atoms with Gasteiger partial charge in [-0.05, 0) is 18.8 Å². The average molecular weight is 339 g/mol. The second-order valence-corrected chi connectivity index (χ2v) is 5.38. The Morgan fingerprint density at radius 3 is 2.91 bits per heavy atom. The first-order chi connectivity index (χ1) is 10.7. The number of carbonyl (C=O) groups is 1. The maximum absolute atomic E-state index is 11.4. The lowest BCUT2D eigenvalue weighted by atomic mass is 10.2. The highest BCUT2D eigenvalue weighted by atomic mass is 35.5. The summed E-state index contributed by atoms with van der Waals surface area (Å²) in [6, 6.07) is 3.07. The number of H-pyrrole nitrogens is 1. The predicted molar refractivity (Wildman–Crippen MR) is 82.1 cm³/mol. The molecule has 0 spiro atoms. The van der Waals surface area contributed by atoms with Crippen molar-refractivity contribution in [2.24, 2.45) is 11.7 Å². The van der Waals surface area contributed by atoms with E-state index < -0.39 is 5.97 Å². The molecule has 9 heteroatoms. The fourth-order valence-electron chi connectivity index (χ4n) is 2.38. The van der Waals surface area contributed by atoms with Gasteiger partial charge >= 0.3 is 5.97 Å². The zero-order chi connectivity index (χ0) is 15.3. The summed E-state index contributed by atoms with van der Waals surface area (Å²) < 4.78 is 15.5. The van der Waals surface area contributed by atoms with Crippen LogP contribution in [0.15, 0.2) is 21.1 Å². The molecule has 0 bridgehead atoms. The number of esters is 1. The van der Waals surface area contributed by atoms with E-state index >= 15 is 0 Å². The molecule has 1 atom stereocenters. The fourth-order valence-corrected chi connectivity index (χ4v) is 2.38. The highest BCUT2D eigenvalue weighted by molar-refractivity contribution is 5.93. The number of aromatic nitrogens is 3. The number of hydrogen-bond acceptors (Lipinski definition) is 7. The van der Waals surface area contributed by atoms with Crippen LogP contribution in [0.3, 0.4) is 0 Å². The van der Waals surface area contributed by atoms with Crippen LogP contribution in [-0.2, 0) is 4.74 Å². The minimum atomic E-state index is -0.455. The van der Waals surface area contributed by atoms with Gasteiger partial charge < -0.3 is 24.4 Å². The van der Waals surface area contributed by atoms with Crippen molar-refractivity contribution in [2.75, 3.05) is 7.11 Å². The number of nitrogens with two attached hydrogens (primary N) is 1. The molecule has 23 heavy (non-hydrogen) atoms. The summed E-state index contributed by atoms with van der Waals surface area (Å²) >= 11 is 0. The molecule has 1 fully saturated rings. The smallest absolute Gasteiger partial charge is 0.354 e. The third-order valence-electron chi connectivity index (χ3n) is 3.79. The van der Waals surface area contributed by atoms with E-state index in [1.165, 1.54) is 7.11 Å². The third-order valence-corrected chi connectivity index (χ3v) is 3.79. The van der Waals surface area contributed by atoms with E-state index in [1.807, 2.05) is 0 Å². The van der Waals surface area contributed by atoms with E-state index in [0.29, 0.717) is 34.3 Å². The van der Waals surface area contributed by atoms with Crippen molar-refractivity contribution in [3.63, 3.8) is 0 Å². The number of halogens is 1. The van der Waals surface area contributed by atoms with Crippen LogP contribution in [0.1, 0.15) is 35.2 Å². The first kappa shape index (κ1) is 15.6. The van der Waals surface area contributed by atoms with Gasteiger partial charge in [-0.2, -0.15) is 4.98 Å². The fraction of sp³-hybridized carbons (Fsp3) is 0.357. The molecule has 0 aliphatic heterocycles. The minimum absolute atomic E-state index is 0. The Balaban J connectivity index is 0.00000156. The van der Waals surface area contributed by atoms with Crippen LogP contribution in [0.25, 0.3) is 22.8 Å². The molecule has 3 aromatic heterocycles. The lowest BCUT2D eigenvalue weighted by Gasteiger charge is -2.01. The van der Waals surface area contributed by atoms with Gasteiger partial charge in [-0.3, -0.25) is 0 Å². The molecule has 1 aliphatic rings. The highest BCUT2D eigenvalue weighted by Gasteiger charge is 2.33. The lowest BCUT2D eigenvalue weighted by Crippen LogP contribution is -2.13. The second-order valence-electron chi connectivity index (χ2n) is 5.38. The molecule has 3 aromatic rings. The molecule has 1 saturated carbocycles. The van der Waals surface area contributed by atoms with Gasteiger partial charge in [0.25, 0.3) is 5.89 Å². The van der Waals surface area contributed by atoms with E-state index in [-0.39, 0.29) is 24.3 Å². The number of rotatable bonds is 4. The summed E-state index contributed by atoms with van der Waals surface area (Å²) in [7, 11) is 1.32. The van der Waals surface area contributed by atoms with E-state index in [2.05, 4.69) is 19.9 Å². The van der Waals surface area contributed by atoms with Crippen LogP contribution in [0.4, 0.5) is 0 Å². The maximum atomic E-state index is 11.4. The minimum Gasteiger partial charge on any atom is -0.464 e. The second kappa shape index (κ2) is 5.71. The average Bonchev–Trinajstić information content (AvgIpc) is 2.95. The van der Waals surface area contributed by atoms with Gasteiger partial charge in [-0.15, -0.1) is 12.4 Å². The molecular formula is C14H15ClN4O4. The monoisotopic (exact) mass is 338 g/mol. The largest absolute Gasteiger partial charge is 0.464 e. The number of ether oxygens (including phenoxy) is 1. The number of nitrogens with zero attached hydrogens (tertiary/aromatic N) is 2. The predicted octanol–water partition coefficient (Wildman–Crippen LogP) is 2.43. The van der Waals surface area contributed by atoms with Crippen LogP contribution < -0.4 is 5.73 Å². The van der Waals surface area contributed by atoms with Crippen molar-refractivity contribution < 1.29 is 18.5 Å². The van der Waals surface area contributed by atoms with Gasteiger partial charge in [0.2, 0.25) is 0 Å². The lowest BCUT2D eigenvalue weighted by molar-refractivity contribution is 0.0595. The van der Waals surface area contributed by atoms with Gasteiger partial charge in [-0.25, -0.2) is 4.79 Å². The highest BCUT2D eigenvalue weighted by Crippen LogP contribution is 2.39. The summed E-state index contributed by atoms with van der Waals surface area (Å²) in [6.45, 7) is 0. The molecular weight excluding hydrogens is 324 g/mol. The number of nitrogens with one attached hydrogen (secondary N) is 1. The molecule has 1 unspecified atom stereocenters. The Kier molecular flexibility index (Phi) is 3.87. The Hall–Kier alpha value is -2.32. The van der Waals surface area contributed by atoms with Gasteiger partial charge in [0.15, 0.2) is 17.2 Å². The Morgan fingerprint density at radius 1 is 1.48 bits per heavy atom. The molecule has 1 aliphatic carbocycles. The van der Waals surface area contributed by atoms with Crippen molar-refractivity contribution in [1.29, 1.82) is 0 Å². The summed E-state index contributed by atoms with van der Waals surface area (Å²) in [5.74, 6) is 1.19. The van der Waals surface area contributed by atoms with E-state index in [1.54, 1.807) is 12.1 Å². The van der Waals surface area contributed by atoms with E-state index in [9.17, 15) is 4.79 Å². The maximum Gasteiger partial charge on any atom is 0.354 e. The van der Waals surface area contributed by atoms with Gasteiger partial charge in [0.05, 0.1) is 18.7 Å². The van der Waals surface area contributed by atoms with E-state index in [4.69, 9.17) is 14.7 Å². The Labute approximate surface area is 136 Å². The summed E-state index contributed by atoms with van der Waals surface area (Å²) in [5.41, 5.74) is 7.54. The van der Waals surface area contributed by atoms with Crippen molar-refractivity contribution >= 4 is 29.5 Å². The quantitative estimate of drug-likeness (QED) is 0.701. The van der Waals surface area contributed by atoms with E-state index in [0.717, 1.165) is 12.8 Å². The molecule has 0 saturated heterocycles. The number of carbonyl (C=O) groups excluding carboxylic acids is 1. The van der Waals surface area contributed by atoms with Gasteiger partial charge in [0, 0.05) is 12.1 Å². The molecule has 0 amide bonds. The van der Waals surface area contributed by atoms with Crippen molar-refractivity contribution in [1.82, 2.24) is 15.1 Å². The van der Waals surface area contributed by atoms with Crippen LogP contribution in [0, 0.1) is 5.92 Å². The van der Waals surface area contributed by atoms with Crippen molar-refractivity contribution in [3.8, 4) is 11.7 Å². The van der Waals surface area contributed by atoms with Crippen LogP contribution in [-0.4, -0.2) is 28.2 Å². The van der Waals surface area contributed by atoms with Gasteiger partial charge in [0.1, 0.15) is 5.69 Å². The zero-order valence-electron chi connectivity index (χ0n) is 12.2. The Morgan fingerprint density at radius 2 is 2.26 bits per heavy atom. The van der Waals surface area contributed by atoms with Crippen LogP contribution in [0.2, 0.25) is 0 Å². The summed E-state index contributed by atoms with van der Waals surface area (Å²) in [5, 5.41) is 3.91. The zero-order valence-corrected chi connectivity index (χ0v) is 13.1. The normalized spacial score (nSPS) is 15.4. The third kappa shape index (κ3) is 2.71. The molecule has 0 radical (unpaired) electrons. The van der Waals surface area contributed by atoms with Crippen molar-refractivity contribution in [3.05, 3.63) is 23.7 Å². The number of fused-ring (bicyclic) bond motifs is 1. The SMILES string of the molecule is COC(=O)c1cc2oc(-c3nc(C(N)C4CC4)no3)cc2[nH]1.Cl. The molecule has 8 nitrogen and oxygen atoms in total. The summed E-state index contributed by atoms with van der Waals surface area (Å²) in [4.78, 5) is 18.6.